The van der Waals surface area contributed by atoms with Gasteiger partial charge in [-0.05, 0) is 60.9 Å². The average Bonchev–Trinajstić information content (AvgIpc) is 3.29. The van der Waals surface area contributed by atoms with Gasteiger partial charge in [-0.3, -0.25) is 4.79 Å². The van der Waals surface area contributed by atoms with Crippen molar-refractivity contribution in [2.45, 2.75) is 17.4 Å². The van der Waals surface area contributed by atoms with Crippen molar-refractivity contribution >= 4 is 55.8 Å². The second-order valence-corrected chi connectivity index (χ2v) is 11.0. The summed E-state index contributed by atoms with van der Waals surface area (Å²) in [6.45, 7) is 0. The van der Waals surface area contributed by atoms with Crippen LogP contribution >= 0.6 is 34.7 Å². The molecule has 0 saturated carbocycles. The zero-order valence-electron chi connectivity index (χ0n) is 18.7. The van der Waals surface area contributed by atoms with E-state index in [1.807, 2.05) is 12.3 Å². The lowest BCUT2D eigenvalue weighted by Crippen LogP contribution is -2.44. The summed E-state index contributed by atoms with van der Waals surface area (Å²) in [5, 5.41) is 5.31. The van der Waals surface area contributed by atoms with Gasteiger partial charge in [0, 0.05) is 16.0 Å². The monoisotopic (exact) mass is 541 g/mol. The number of anilines is 1. The van der Waals surface area contributed by atoms with Crippen molar-refractivity contribution < 1.29 is 22.7 Å². The van der Waals surface area contributed by atoms with Crippen LogP contribution in [0.25, 0.3) is 11.3 Å². The fourth-order valence-electron chi connectivity index (χ4n) is 3.00. The fraction of sp³-hybridized carbons (Fsp3) is 0.273. The number of amides is 1. The van der Waals surface area contributed by atoms with Gasteiger partial charge in [0.2, 0.25) is 15.9 Å². The van der Waals surface area contributed by atoms with Crippen LogP contribution in [0.5, 0.6) is 11.5 Å². The lowest BCUT2D eigenvalue weighted by Gasteiger charge is -2.17. The molecule has 0 aliphatic carbocycles. The smallest absolute Gasteiger partial charge is 0.244 e. The van der Waals surface area contributed by atoms with Crippen LogP contribution in [0, 0.1) is 0 Å². The van der Waals surface area contributed by atoms with E-state index in [-0.39, 0.29) is 4.90 Å². The first kappa shape index (κ1) is 26.3. The maximum Gasteiger partial charge on any atom is 0.244 e. The molecule has 0 fully saturated rings. The van der Waals surface area contributed by atoms with Crippen LogP contribution in [0.1, 0.15) is 6.42 Å². The molecule has 1 aromatic heterocycles. The minimum absolute atomic E-state index is 0.0313. The van der Waals surface area contributed by atoms with Crippen LogP contribution in [-0.4, -0.2) is 51.6 Å². The number of thiazole rings is 1. The number of nitrogens with zero attached hydrogens (tertiary/aromatic N) is 1. The quantitative estimate of drug-likeness (QED) is 0.367. The first-order chi connectivity index (χ1) is 16.3. The molecule has 0 saturated heterocycles. The van der Waals surface area contributed by atoms with Crippen molar-refractivity contribution in [2.24, 2.45) is 0 Å². The molecular formula is C22H24ClN3O5S3. The number of rotatable bonds is 11. The van der Waals surface area contributed by atoms with Gasteiger partial charge in [-0.2, -0.15) is 16.5 Å². The van der Waals surface area contributed by atoms with Crippen molar-refractivity contribution in [3.8, 4) is 22.8 Å². The summed E-state index contributed by atoms with van der Waals surface area (Å²) in [6.07, 6.45) is 2.20. The van der Waals surface area contributed by atoms with Gasteiger partial charge in [0.1, 0.15) is 6.04 Å². The van der Waals surface area contributed by atoms with E-state index in [4.69, 9.17) is 21.1 Å². The summed E-state index contributed by atoms with van der Waals surface area (Å²) in [5.41, 5.74) is 1.43. The van der Waals surface area contributed by atoms with Crippen molar-refractivity contribution in [3.63, 3.8) is 0 Å². The van der Waals surface area contributed by atoms with Crippen LogP contribution in [0.3, 0.4) is 0 Å². The zero-order valence-corrected chi connectivity index (χ0v) is 21.9. The van der Waals surface area contributed by atoms with Gasteiger partial charge >= 0.3 is 0 Å². The van der Waals surface area contributed by atoms with E-state index >= 15 is 0 Å². The van der Waals surface area contributed by atoms with Crippen molar-refractivity contribution in [3.05, 3.63) is 52.9 Å². The van der Waals surface area contributed by atoms with E-state index in [1.165, 1.54) is 47.4 Å². The summed E-state index contributed by atoms with van der Waals surface area (Å²) >= 11 is 8.61. The van der Waals surface area contributed by atoms with Crippen molar-refractivity contribution in [2.75, 3.05) is 31.5 Å². The molecule has 182 valence electrons. The summed E-state index contributed by atoms with van der Waals surface area (Å²) in [4.78, 5) is 17.5. The Morgan fingerprint density at radius 2 is 1.85 bits per heavy atom. The van der Waals surface area contributed by atoms with Crippen molar-refractivity contribution in [1.82, 2.24) is 9.71 Å². The largest absolute Gasteiger partial charge is 0.493 e. The molecule has 1 amide bonds. The minimum atomic E-state index is -3.92. The maximum atomic E-state index is 13.0. The van der Waals surface area contributed by atoms with Crippen LogP contribution in [0.2, 0.25) is 5.02 Å². The minimum Gasteiger partial charge on any atom is -0.493 e. The SMILES string of the molecule is COc1ccc(-c2csc(NC(=O)[C@H](CCSC)NS(=O)(=O)c3ccc(Cl)cc3)n2)cc1OC. The highest BCUT2D eigenvalue weighted by atomic mass is 35.5. The maximum absolute atomic E-state index is 13.0. The van der Waals surface area contributed by atoms with Gasteiger partial charge in [0.05, 0.1) is 24.8 Å². The van der Waals surface area contributed by atoms with E-state index in [0.717, 1.165) is 5.56 Å². The summed E-state index contributed by atoms with van der Waals surface area (Å²) in [5.74, 6) is 1.27. The molecule has 0 bridgehead atoms. The number of nitrogens with one attached hydrogen (secondary N) is 2. The Balaban J connectivity index is 1.76. The Hall–Kier alpha value is -2.31. The number of ether oxygens (including phenoxy) is 2. The number of thioether (sulfide) groups is 1. The van der Waals surface area contributed by atoms with Gasteiger partial charge in [-0.15, -0.1) is 11.3 Å². The molecule has 1 atom stereocenters. The predicted octanol–water partition coefficient (Wildman–Crippen LogP) is 4.52. The predicted molar refractivity (Wildman–Crippen MR) is 138 cm³/mol. The van der Waals surface area contributed by atoms with Gasteiger partial charge < -0.3 is 14.8 Å². The third kappa shape index (κ3) is 6.63. The second kappa shape index (κ2) is 11.9. The molecule has 0 spiro atoms. The number of aromatic nitrogens is 1. The number of benzene rings is 2. The first-order valence-electron chi connectivity index (χ1n) is 10.0. The molecule has 1 heterocycles. The van der Waals surface area contributed by atoms with E-state index in [2.05, 4.69) is 15.0 Å². The highest BCUT2D eigenvalue weighted by Gasteiger charge is 2.26. The molecule has 34 heavy (non-hydrogen) atoms. The van der Waals surface area contributed by atoms with Gasteiger partial charge in [0.25, 0.3) is 0 Å². The average molecular weight is 542 g/mol. The van der Waals surface area contributed by atoms with Gasteiger partial charge in [0.15, 0.2) is 16.6 Å². The molecule has 3 rings (SSSR count). The second-order valence-electron chi connectivity index (χ2n) is 7.01. The lowest BCUT2D eigenvalue weighted by atomic mass is 10.1. The third-order valence-electron chi connectivity index (χ3n) is 4.76. The summed E-state index contributed by atoms with van der Waals surface area (Å²) in [7, 11) is -0.810. The topological polar surface area (TPSA) is 107 Å². The van der Waals surface area contributed by atoms with E-state index in [0.29, 0.717) is 39.5 Å². The Labute approximate surface area is 212 Å². The van der Waals surface area contributed by atoms with Crippen molar-refractivity contribution in [1.29, 1.82) is 0 Å². The molecule has 2 N–H and O–H groups in total. The molecule has 0 radical (unpaired) electrons. The Morgan fingerprint density at radius 1 is 1.15 bits per heavy atom. The van der Waals surface area contributed by atoms with E-state index in [9.17, 15) is 13.2 Å². The molecule has 3 aromatic rings. The number of carbonyl (C=O) groups excluding carboxylic acids is 1. The number of methoxy groups -OCH3 is 2. The van der Waals surface area contributed by atoms with Crippen LogP contribution in [0.4, 0.5) is 5.13 Å². The van der Waals surface area contributed by atoms with Gasteiger partial charge in [-0.25, -0.2) is 13.4 Å². The Morgan fingerprint density at radius 3 is 2.50 bits per heavy atom. The van der Waals surface area contributed by atoms with Crippen LogP contribution in [0.15, 0.2) is 52.7 Å². The van der Waals surface area contributed by atoms with E-state index < -0.39 is 22.0 Å². The molecule has 0 aliphatic heterocycles. The number of carbonyl (C=O) groups is 1. The normalized spacial score (nSPS) is 12.2. The first-order valence-corrected chi connectivity index (χ1v) is 14.2. The number of halogens is 1. The number of hydrogen-bond donors (Lipinski definition) is 2. The zero-order chi connectivity index (χ0) is 24.7. The Kier molecular flexibility index (Phi) is 9.20. The van der Waals surface area contributed by atoms with Crippen LogP contribution < -0.4 is 19.5 Å². The third-order valence-corrected chi connectivity index (χ3v) is 7.90. The summed E-state index contributed by atoms with van der Waals surface area (Å²) < 4.78 is 38.7. The molecule has 2 aromatic carbocycles. The molecule has 12 heteroatoms. The van der Waals surface area contributed by atoms with Gasteiger partial charge in [-0.1, -0.05) is 11.6 Å². The molecule has 0 aliphatic rings. The fourth-order valence-corrected chi connectivity index (χ4v) is 5.55. The number of sulfonamides is 1. The molecule has 0 unspecified atom stereocenters. The highest BCUT2D eigenvalue weighted by molar-refractivity contribution is 7.98. The van der Waals surface area contributed by atoms with E-state index in [1.54, 1.807) is 31.7 Å². The highest BCUT2D eigenvalue weighted by Crippen LogP contribution is 2.33. The Bertz CT molecular complexity index is 1230. The summed E-state index contributed by atoms with van der Waals surface area (Å²) in [6, 6.07) is 10.2. The standard InChI is InChI=1S/C22H24ClN3O5S3/c1-30-19-9-4-14(12-20(19)31-2)18-13-33-22(24-18)25-21(27)17(10-11-32-3)26-34(28,29)16-7-5-15(23)6-8-16/h4-9,12-13,17,26H,10-11H2,1-3H3,(H,24,25,27)/t17-/m0/s1. The lowest BCUT2D eigenvalue weighted by molar-refractivity contribution is -0.117. The van der Waals surface area contributed by atoms with Crippen LogP contribution in [-0.2, 0) is 14.8 Å². The number of hydrogen-bond acceptors (Lipinski definition) is 8. The molecule has 8 nitrogen and oxygen atoms in total. The molecular weight excluding hydrogens is 518 g/mol.